The molecule has 0 radical (unpaired) electrons. The van der Waals surface area contributed by atoms with Crippen molar-refractivity contribution in [3.05, 3.63) is 77.7 Å². The van der Waals surface area contributed by atoms with E-state index in [1.54, 1.807) is 30.3 Å². The second kappa shape index (κ2) is 11.7. The number of methoxy groups -OCH3 is 1. The summed E-state index contributed by atoms with van der Waals surface area (Å²) in [6, 6.07) is 15.5. The van der Waals surface area contributed by atoms with Crippen LogP contribution < -0.4 is 9.47 Å². The van der Waals surface area contributed by atoms with Gasteiger partial charge in [-0.2, -0.15) is 0 Å². The first-order valence-corrected chi connectivity index (χ1v) is 12.5. The SMILES string of the molecule is COc1ccccc1-c1cnc2c(c1)C(=O)N([C@@H](C)CO)C[C@H](C)[C@@H](CN(C)Cc1cccc(F)c1)O2. The van der Waals surface area contributed by atoms with Gasteiger partial charge in [0.15, 0.2) is 0 Å². The number of aliphatic hydroxyl groups is 1. The molecule has 0 saturated carbocycles. The number of hydrogen-bond acceptors (Lipinski definition) is 6. The van der Waals surface area contributed by atoms with Gasteiger partial charge in [-0.1, -0.05) is 37.3 Å². The fourth-order valence-corrected chi connectivity index (χ4v) is 4.67. The van der Waals surface area contributed by atoms with Gasteiger partial charge in [-0.05, 0) is 43.8 Å². The zero-order valence-electron chi connectivity index (χ0n) is 21.7. The number of ether oxygens (including phenoxy) is 2. The van der Waals surface area contributed by atoms with Crippen molar-refractivity contribution in [3.8, 4) is 22.8 Å². The number of rotatable bonds is 8. The Morgan fingerprint density at radius 2 is 2.00 bits per heavy atom. The number of likely N-dealkylation sites (N-methyl/N-ethyl adjacent to an activating group) is 1. The molecule has 1 aromatic heterocycles. The number of nitrogens with zero attached hydrogens (tertiary/aromatic N) is 3. The molecule has 0 bridgehead atoms. The highest BCUT2D eigenvalue weighted by Crippen LogP contribution is 2.34. The van der Waals surface area contributed by atoms with E-state index in [1.165, 1.54) is 12.1 Å². The lowest BCUT2D eigenvalue weighted by Crippen LogP contribution is -2.49. The second-order valence-electron chi connectivity index (χ2n) is 9.73. The molecular formula is C29H34FN3O4. The Hall–Kier alpha value is -3.49. The third-order valence-electron chi connectivity index (χ3n) is 6.77. The molecule has 1 N–H and O–H groups in total. The van der Waals surface area contributed by atoms with Crippen LogP contribution in [0.15, 0.2) is 60.8 Å². The molecule has 8 heteroatoms. The van der Waals surface area contributed by atoms with E-state index in [0.29, 0.717) is 30.9 Å². The quantitative estimate of drug-likeness (QED) is 0.492. The van der Waals surface area contributed by atoms with E-state index < -0.39 is 0 Å². The molecule has 7 nitrogen and oxygen atoms in total. The highest BCUT2D eigenvalue weighted by atomic mass is 19.1. The molecule has 1 amide bonds. The Bertz CT molecular complexity index is 1240. The van der Waals surface area contributed by atoms with Gasteiger partial charge in [-0.15, -0.1) is 0 Å². The molecule has 4 rings (SSSR count). The van der Waals surface area contributed by atoms with Gasteiger partial charge in [0.25, 0.3) is 5.91 Å². The average molecular weight is 508 g/mol. The molecular weight excluding hydrogens is 473 g/mol. The van der Waals surface area contributed by atoms with Crippen molar-refractivity contribution in [2.24, 2.45) is 5.92 Å². The van der Waals surface area contributed by atoms with Gasteiger partial charge in [0.2, 0.25) is 5.88 Å². The summed E-state index contributed by atoms with van der Waals surface area (Å²) in [5.74, 6) is 0.387. The highest BCUT2D eigenvalue weighted by Gasteiger charge is 2.34. The largest absolute Gasteiger partial charge is 0.496 e. The number of amides is 1. The minimum Gasteiger partial charge on any atom is -0.496 e. The predicted octanol–water partition coefficient (Wildman–Crippen LogP) is 4.25. The minimum atomic E-state index is -0.374. The van der Waals surface area contributed by atoms with Crippen molar-refractivity contribution >= 4 is 5.91 Å². The van der Waals surface area contributed by atoms with Crippen molar-refractivity contribution in [1.82, 2.24) is 14.8 Å². The number of pyridine rings is 1. The van der Waals surface area contributed by atoms with Crippen LogP contribution in [0.3, 0.4) is 0 Å². The Kier molecular flexibility index (Phi) is 8.41. The molecule has 0 spiro atoms. The van der Waals surface area contributed by atoms with Crippen molar-refractivity contribution < 1.29 is 23.8 Å². The summed E-state index contributed by atoms with van der Waals surface area (Å²) in [5, 5.41) is 9.90. The van der Waals surface area contributed by atoms with E-state index >= 15 is 0 Å². The van der Waals surface area contributed by atoms with Crippen LogP contribution in [-0.2, 0) is 6.54 Å². The van der Waals surface area contributed by atoms with Gasteiger partial charge < -0.3 is 19.5 Å². The fraction of sp³-hybridized carbons (Fsp3) is 0.379. The lowest BCUT2D eigenvalue weighted by atomic mass is 9.99. The number of carbonyl (C=O) groups excluding carboxylic acids is 1. The second-order valence-corrected chi connectivity index (χ2v) is 9.73. The summed E-state index contributed by atoms with van der Waals surface area (Å²) in [5.41, 5.74) is 2.76. The molecule has 196 valence electrons. The van der Waals surface area contributed by atoms with Gasteiger partial charge in [0.05, 0.1) is 19.8 Å². The van der Waals surface area contributed by atoms with Crippen LogP contribution >= 0.6 is 0 Å². The number of carbonyl (C=O) groups is 1. The molecule has 3 aromatic rings. The van der Waals surface area contributed by atoms with E-state index in [-0.39, 0.29) is 42.3 Å². The van der Waals surface area contributed by atoms with Crippen molar-refractivity contribution in [2.75, 3.05) is 33.9 Å². The van der Waals surface area contributed by atoms with Gasteiger partial charge in [0.1, 0.15) is 23.2 Å². The average Bonchev–Trinajstić information content (AvgIpc) is 2.90. The molecule has 37 heavy (non-hydrogen) atoms. The van der Waals surface area contributed by atoms with Crippen molar-refractivity contribution in [2.45, 2.75) is 32.5 Å². The standard InChI is InChI=1S/C29H34FN3O4/c1-19-15-33(20(2)18-34)29(35)25-13-22(24-10-5-6-11-26(24)36-4)14-31-28(25)37-27(19)17-32(3)16-21-8-7-9-23(30)12-21/h5-14,19-20,27,34H,15-18H2,1-4H3/t19-,20-,27+/m0/s1. The predicted molar refractivity (Wildman–Crippen MR) is 140 cm³/mol. The maximum atomic E-state index is 13.7. The van der Waals surface area contributed by atoms with Crippen LogP contribution in [-0.4, -0.2) is 71.8 Å². The Balaban J connectivity index is 1.67. The maximum absolute atomic E-state index is 13.7. The van der Waals surface area contributed by atoms with Crippen LogP contribution in [0.1, 0.15) is 29.8 Å². The Labute approximate surface area is 217 Å². The maximum Gasteiger partial charge on any atom is 0.259 e. The molecule has 1 aliphatic rings. The third-order valence-corrected chi connectivity index (χ3v) is 6.77. The third kappa shape index (κ3) is 6.09. The Morgan fingerprint density at radius 1 is 1.22 bits per heavy atom. The number of fused-ring (bicyclic) bond motifs is 1. The van der Waals surface area contributed by atoms with E-state index in [9.17, 15) is 14.3 Å². The number of para-hydroxylation sites is 1. The summed E-state index contributed by atoms with van der Waals surface area (Å²) in [6.07, 6.45) is 1.40. The highest BCUT2D eigenvalue weighted by molar-refractivity contribution is 5.98. The van der Waals surface area contributed by atoms with Gasteiger partial charge in [0, 0.05) is 42.9 Å². The van der Waals surface area contributed by atoms with E-state index in [0.717, 1.165) is 16.7 Å². The molecule has 0 unspecified atom stereocenters. The van der Waals surface area contributed by atoms with Crippen LogP contribution in [0, 0.1) is 11.7 Å². The Morgan fingerprint density at radius 3 is 2.73 bits per heavy atom. The van der Waals surface area contributed by atoms with Gasteiger partial charge in [-0.3, -0.25) is 9.69 Å². The number of aromatic nitrogens is 1. The number of aliphatic hydroxyl groups excluding tert-OH is 1. The monoisotopic (exact) mass is 507 g/mol. The summed E-state index contributed by atoms with van der Waals surface area (Å²) in [6.45, 7) is 5.21. The summed E-state index contributed by atoms with van der Waals surface area (Å²) >= 11 is 0. The number of hydrogen-bond donors (Lipinski definition) is 1. The first-order valence-electron chi connectivity index (χ1n) is 12.5. The zero-order valence-corrected chi connectivity index (χ0v) is 21.7. The minimum absolute atomic E-state index is 0.0447. The van der Waals surface area contributed by atoms with Crippen LogP contribution in [0.2, 0.25) is 0 Å². The van der Waals surface area contributed by atoms with E-state index in [4.69, 9.17) is 9.47 Å². The zero-order chi connectivity index (χ0) is 26.5. The van der Waals surface area contributed by atoms with Crippen LogP contribution in [0.25, 0.3) is 11.1 Å². The van der Waals surface area contributed by atoms with Gasteiger partial charge >= 0.3 is 0 Å². The molecule has 1 aliphatic heterocycles. The van der Waals surface area contributed by atoms with Crippen LogP contribution in [0.4, 0.5) is 4.39 Å². The summed E-state index contributed by atoms with van der Waals surface area (Å²) < 4.78 is 25.6. The first-order chi connectivity index (χ1) is 17.8. The van der Waals surface area contributed by atoms with Crippen molar-refractivity contribution in [1.29, 1.82) is 0 Å². The van der Waals surface area contributed by atoms with Gasteiger partial charge in [-0.25, -0.2) is 9.37 Å². The summed E-state index contributed by atoms with van der Waals surface area (Å²) in [7, 11) is 3.56. The molecule has 2 aromatic carbocycles. The first kappa shape index (κ1) is 26.6. The number of benzene rings is 2. The molecule has 2 heterocycles. The smallest absolute Gasteiger partial charge is 0.259 e. The summed E-state index contributed by atoms with van der Waals surface area (Å²) in [4.78, 5) is 22.0. The fourth-order valence-electron chi connectivity index (χ4n) is 4.67. The lowest BCUT2D eigenvalue weighted by molar-refractivity contribution is 0.0325. The molecule has 0 saturated heterocycles. The molecule has 0 fully saturated rings. The van der Waals surface area contributed by atoms with Crippen molar-refractivity contribution in [3.63, 3.8) is 0 Å². The topological polar surface area (TPSA) is 75.1 Å². The number of halogens is 1. The molecule has 0 aliphatic carbocycles. The normalized spacial score (nSPS) is 18.6. The van der Waals surface area contributed by atoms with Crippen LogP contribution in [0.5, 0.6) is 11.6 Å². The lowest BCUT2D eigenvalue weighted by Gasteiger charge is -2.37. The molecule has 3 atom stereocenters. The van der Waals surface area contributed by atoms with E-state index in [2.05, 4.69) is 9.88 Å². The van der Waals surface area contributed by atoms with E-state index in [1.807, 2.05) is 51.2 Å².